The van der Waals surface area contributed by atoms with Gasteiger partial charge in [0.25, 0.3) is 5.91 Å². The van der Waals surface area contributed by atoms with Gasteiger partial charge in [-0.15, -0.1) is 0 Å². The van der Waals surface area contributed by atoms with Gasteiger partial charge in [0.05, 0.1) is 12.7 Å². The van der Waals surface area contributed by atoms with E-state index in [4.69, 9.17) is 16.3 Å². The first-order valence-electron chi connectivity index (χ1n) is 6.50. The number of hydrogen-bond donors (Lipinski definition) is 1. The van der Waals surface area contributed by atoms with Crippen LogP contribution in [0.2, 0.25) is 5.02 Å². The number of ether oxygens (including phenoxy) is 1. The Hall–Kier alpha value is -0.740. The molecule has 5 heteroatoms. The third kappa shape index (κ3) is 4.67. The van der Waals surface area contributed by atoms with Crippen LogP contribution in [-0.2, 0) is 0 Å². The van der Waals surface area contributed by atoms with Gasteiger partial charge in [0.1, 0.15) is 5.75 Å². The summed E-state index contributed by atoms with van der Waals surface area (Å²) in [5.41, 5.74) is 0.490. The molecule has 1 aromatic rings. The van der Waals surface area contributed by atoms with E-state index in [1.807, 2.05) is 0 Å². The minimum absolute atomic E-state index is 0.0108. The molecule has 0 saturated carbocycles. The molecule has 1 atom stereocenters. The fourth-order valence-electron chi connectivity index (χ4n) is 1.92. The van der Waals surface area contributed by atoms with Gasteiger partial charge in [0, 0.05) is 16.4 Å². The molecule has 20 heavy (non-hydrogen) atoms. The molecule has 0 aliphatic carbocycles. The first-order chi connectivity index (χ1) is 9.29. The van der Waals surface area contributed by atoms with Gasteiger partial charge in [-0.3, -0.25) is 4.79 Å². The molecule has 0 fully saturated rings. The Morgan fingerprint density at radius 2 is 2.10 bits per heavy atom. The number of amides is 1. The van der Waals surface area contributed by atoms with Crippen molar-refractivity contribution in [3.63, 3.8) is 0 Å². The van der Waals surface area contributed by atoms with Crippen LogP contribution in [0.5, 0.6) is 5.75 Å². The lowest BCUT2D eigenvalue weighted by atomic mass is 9.85. The SMILES string of the molecule is COc1cc(Cl)ccc1C(=O)NC(CCBr)C(C)(C)C. The molecular formula is C15H21BrClNO2. The summed E-state index contributed by atoms with van der Waals surface area (Å²) in [4.78, 5) is 12.4. The molecule has 0 bridgehead atoms. The van der Waals surface area contributed by atoms with Crippen molar-refractivity contribution < 1.29 is 9.53 Å². The topological polar surface area (TPSA) is 38.3 Å². The Morgan fingerprint density at radius 3 is 2.60 bits per heavy atom. The van der Waals surface area contributed by atoms with Gasteiger partial charge < -0.3 is 10.1 Å². The Kier molecular flexibility index (Phi) is 6.34. The molecular weight excluding hydrogens is 342 g/mol. The molecule has 1 N–H and O–H groups in total. The summed E-state index contributed by atoms with van der Waals surface area (Å²) >= 11 is 9.34. The maximum Gasteiger partial charge on any atom is 0.255 e. The lowest BCUT2D eigenvalue weighted by Crippen LogP contribution is -2.44. The van der Waals surface area contributed by atoms with Crippen LogP contribution in [0.3, 0.4) is 0 Å². The highest BCUT2D eigenvalue weighted by Crippen LogP contribution is 2.26. The average Bonchev–Trinajstić information content (AvgIpc) is 2.36. The predicted octanol–water partition coefficient (Wildman–Crippen LogP) is 4.28. The van der Waals surface area contributed by atoms with Crippen molar-refractivity contribution in [1.29, 1.82) is 0 Å². The van der Waals surface area contributed by atoms with Crippen LogP contribution in [-0.4, -0.2) is 24.4 Å². The molecule has 0 radical (unpaired) electrons. The summed E-state index contributed by atoms with van der Waals surface area (Å²) in [7, 11) is 1.53. The van der Waals surface area contributed by atoms with E-state index in [1.54, 1.807) is 18.2 Å². The Labute approximate surface area is 134 Å². The molecule has 0 heterocycles. The fraction of sp³-hybridized carbons (Fsp3) is 0.533. The highest BCUT2D eigenvalue weighted by molar-refractivity contribution is 9.09. The van der Waals surface area contributed by atoms with Crippen molar-refractivity contribution in [3.05, 3.63) is 28.8 Å². The number of halogens is 2. The van der Waals surface area contributed by atoms with Crippen molar-refractivity contribution in [3.8, 4) is 5.75 Å². The van der Waals surface area contributed by atoms with Crippen LogP contribution in [0, 0.1) is 5.41 Å². The van der Waals surface area contributed by atoms with Crippen molar-refractivity contribution in [2.75, 3.05) is 12.4 Å². The monoisotopic (exact) mass is 361 g/mol. The second-order valence-corrected chi connectivity index (χ2v) is 6.94. The number of carbonyl (C=O) groups excluding carboxylic acids is 1. The molecule has 0 saturated heterocycles. The van der Waals surface area contributed by atoms with Crippen molar-refractivity contribution in [2.45, 2.75) is 33.2 Å². The lowest BCUT2D eigenvalue weighted by Gasteiger charge is -2.31. The van der Waals surface area contributed by atoms with Gasteiger partial charge in [-0.25, -0.2) is 0 Å². The van der Waals surface area contributed by atoms with Crippen LogP contribution in [0.15, 0.2) is 18.2 Å². The highest BCUT2D eigenvalue weighted by Gasteiger charge is 2.26. The number of nitrogens with one attached hydrogen (secondary N) is 1. The maximum atomic E-state index is 12.4. The van der Waals surface area contributed by atoms with Crippen molar-refractivity contribution in [2.24, 2.45) is 5.41 Å². The number of rotatable bonds is 5. The van der Waals surface area contributed by atoms with Crippen LogP contribution >= 0.6 is 27.5 Å². The molecule has 112 valence electrons. The molecule has 1 unspecified atom stereocenters. The third-order valence-electron chi connectivity index (χ3n) is 3.16. The Balaban J connectivity index is 2.94. The third-order valence-corrected chi connectivity index (χ3v) is 3.85. The lowest BCUT2D eigenvalue weighted by molar-refractivity contribution is 0.0897. The second-order valence-electron chi connectivity index (χ2n) is 5.71. The first-order valence-corrected chi connectivity index (χ1v) is 8.00. The molecule has 1 rings (SSSR count). The standard InChI is InChI=1S/C15H21BrClNO2/c1-15(2,3)13(7-8-16)18-14(19)11-6-5-10(17)9-12(11)20-4/h5-6,9,13H,7-8H2,1-4H3,(H,18,19). The summed E-state index contributed by atoms with van der Waals surface area (Å²) in [6.07, 6.45) is 0.866. The van der Waals surface area contributed by atoms with Gasteiger partial charge in [-0.2, -0.15) is 0 Å². The fourth-order valence-corrected chi connectivity index (χ4v) is 2.54. The second kappa shape index (κ2) is 7.32. The summed E-state index contributed by atoms with van der Waals surface area (Å²) in [6.45, 7) is 6.33. The Bertz CT molecular complexity index is 471. The van der Waals surface area contributed by atoms with E-state index in [0.29, 0.717) is 16.3 Å². The van der Waals surface area contributed by atoms with Crippen molar-refractivity contribution in [1.82, 2.24) is 5.32 Å². The van der Waals surface area contributed by atoms with Gasteiger partial charge in [0.2, 0.25) is 0 Å². The highest BCUT2D eigenvalue weighted by atomic mass is 79.9. The smallest absolute Gasteiger partial charge is 0.255 e. The number of hydrogen-bond acceptors (Lipinski definition) is 2. The molecule has 1 aromatic carbocycles. The van der Waals surface area contributed by atoms with Crippen LogP contribution in [0.4, 0.5) is 0 Å². The van der Waals surface area contributed by atoms with Crippen LogP contribution in [0.25, 0.3) is 0 Å². The summed E-state index contributed by atoms with van der Waals surface area (Å²) in [5, 5.41) is 4.46. The summed E-state index contributed by atoms with van der Waals surface area (Å²) in [6, 6.07) is 5.10. The van der Waals surface area contributed by atoms with Crippen LogP contribution in [0.1, 0.15) is 37.6 Å². The number of methoxy groups -OCH3 is 1. The maximum absolute atomic E-state index is 12.4. The summed E-state index contributed by atoms with van der Waals surface area (Å²) < 4.78 is 5.22. The molecule has 0 aromatic heterocycles. The quantitative estimate of drug-likeness (QED) is 0.794. The molecule has 0 spiro atoms. The van der Waals surface area contributed by atoms with Gasteiger partial charge in [-0.05, 0) is 30.0 Å². The zero-order chi connectivity index (χ0) is 15.3. The minimum atomic E-state index is -0.139. The van der Waals surface area contributed by atoms with Gasteiger partial charge in [-0.1, -0.05) is 48.3 Å². The largest absolute Gasteiger partial charge is 0.496 e. The van der Waals surface area contributed by atoms with E-state index in [0.717, 1.165) is 11.8 Å². The number of carbonyl (C=O) groups is 1. The zero-order valence-electron chi connectivity index (χ0n) is 12.3. The zero-order valence-corrected chi connectivity index (χ0v) is 14.6. The number of benzene rings is 1. The minimum Gasteiger partial charge on any atom is -0.496 e. The Morgan fingerprint density at radius 1 is 1.45 bits per heavy atom. The van der Waals surface area contributed by atoms with Crippen LogP contribution < -0.4 is 10.1 Å². The first kappa shape index (κ1) is 17.3. The molecule has 1 amide bonds. The molecule has 0 aliphatic heterocycles. The van der Waals surface area contributed by atoms with Crippen molar-refractivity contribution >= 4 is 33.4 Å². The normalized spacial score (nSPS) is 12.9. The van der Waals surface area contributed by atoms with E-state index >= 15 is 0 Å². The van der Waals surface area contributed by atoms with E-state index in [1.165, 1.54) is 7.11 Å². The summed E-state index contributed by atoms with van der Waals surface area (Å²) in [5.74, 6) is 0.348. The van der Waals surface area contributed by atoms with E-state index in [-0.39, 0.29) is 17.4 Å². The van der Waals surface area contributed by atoms with Gasteiger partial charge >= 0.3 is 0 Å². The van der Waals surface area contributed by atoms with E-state index in [9.17, 15) is 4.79 Å². The van der Waals surface area contributed by atoms with E-state index in [2.05, 4.69) is 42.0 Å². The van der Waals surface area contributed by atoms with Gasteiger partial charge in [0.15, 0.2) is 0 Å². The number of alkyl halides is 1. The predicted molar refractivity (Wildman–Crippen MR) is 87.1 cm³/mol. The molecule has 0 aliphatic rings. The van der Waals surface area contributed by atoms with E-state index < -0.39 is 0 Å². The average molecular weight is 363 g/mol. The molecule has 3 nitrogen and oxygen atoms in total.